The summed E-state index contributed by atoms with van der Waals surface area (Å²) >= 11 is 0. The summed E-state index contributed by atoms with van der Waals surface area (Å²) in [6.07, 6.45) is 5.56. The third-order valence-corrected chi connectivity index (χ3v) is 2.67. The number of imidazole rings is 1. The van der Waals surface area contributed by atoms with Crippen LogP contribution in [0.15, 0.2) is 42.9 Å². The number of nitrogens with one attached hydrogen (secondary N) is 1. The van der Waals surface area contributed by atoms with E-state index in [1.807, 2.05) is 37.6 Å². The molecule has 3 heteroatoms. The number of pyridine rings is 1. The Morgan fingerprint density at radius 3 is 2.88 bits per heavy atom. The molecule has 1 aromatic carbocycles. The van der Waals surface area contributed by atoms with Crippen LogP contribution >= 0.6 is 0 Å². The maximum absolute atomic E-state index is 4.23. The molecule has 0 saturated heterocycles. The van der Waals surface area contributed by atoms with Gasteiger partial charge in [-0.1, -0.05) is 18.2 Å². The lowest BCUT2D eigenvalue weighted by atomic mass is 10.0. The molecule has 0 spiro atoms. The molecule has 0 aliphatic heterocycles. The van der Waals surface area contributed by atoms with Crippen molar-refractivity contribution in [2.45, 2.75) is 6.92 Å². The molecule has 0 fully saturated rings. The predicted molar refractivity (Wildman–Crippen MR) is 64.1 cm³/mol. The van der Waals surface area contributed by atoms with E-state index >= 15 is 0 Å². The zero-order chi connectivity index (χ0) is 11.0. The molecule has 2 heterocycles. The summed E-state index contributed by atoms with van der Waals surface area (Å²) in [5.41, 5.74) is 2.22. The van der Waals surface area contributed by atoms with Crippen LogP contribution in [0.5, 0.6) is 0 Å². The molecule has 0 amide bonds. The van der Waals surface area contributed by atoms with Gasteiger partial charge in [-0.25, -0.2) is 4.98 Å². The summed E-state index contributed by atoms with van der Waals surface area (Å²) in [5.74, 6) is 0.932. The quantitative estimate of drug-likeness (QED) is 0.669. The van der Waals surface area contributed by atoms with E-state index in [9.17, 15) is 0 Å². The largest absolute Gasteiger partial charge is 0.342 e. The highest BCUT2D eigenvalue weighted by atomic mass is 14.9. The minimum Gasteiger partial charge on any atom is -0.342 e. The number of rotatable bonds is 1. The Labute approximate surface area is 93.2 Å². The Balaban J connectivity index is 2.31. The summed E-state index contributed by atoms with van der Waals surface area (Å²) in [5, 5.41) is 2.34. The van der Waals surface area contributed by atoms with Crippen LogP contribution in [0.25, 0.3) is 22.0 Å². The van der Waals surface area contributed by atoms with Crippen LogP contribution in [-0.2, 0) is 0 Å². The smallest absolute Gasteiger partial charge is 0.103 e. The monoisotopic (exact) mass is 209 g/mol. The number of hydrogen-bond acceptors (Lipinski definition) is 2. The number of fused-ring (bicyclic) bond motifs is 1. The van der Waals surface area contributed by atoms with E-state index in [-0.39, 0.29) is 0 Å². The molecule has 2 aromatic heterocycles. The first kappa shape index (κ1) is 9.09. The average molecular weight is 209 g/mol. The number of benzene rings is 1. The number of aromatic nitrogens is 3. The summed E-state index contributed by atoms with van der Waals surface area (Å²) in [7, 11) is 0. The predicted octanol–water partition coefficient (Wildman–Crippen LogP) is 2.93. The van der Waals surface area contributed by atoms with Gasteiger partial charge in [0.15, 0.2) is 0 Å². The summed E-state index contributed by atoms with van der Waals surface area (Å²) in [6, 6.07) is 8.22. The molecular formula is C13H11N3. The van der Waals surface area contributed by atoms with E-state index in [0.29, 0.717) is 0 Å². The van der Waals surface area contributed by atoms with Crippen molar-refractivity contribution in [1.82, 2.24) is 15.0 Å². The van der Waals surface area contributed by atoms with E-state index in [1.54, 1.807) is 0 Å². The second-order valence-electron chi connectivity index (χ2n) is 3.78. The molecule has 0 atom stereocenters. The van der Waals surface area contributed by atoms with Gasteiger partial charge in [0.1, 0.15) is 5.82 Å². The maximum Gasteiger partial charge on any atom is 0.103 e. The molecular weight excluding hydrogens is 198 g/mol. The molecule has 3 rings (SSSR count). The lowest BCUT2D eigenvalue weighted by molar-refractivity contribution is 1.15. The van der Waals surface area contributed by atoms with Gasteiger partial charge in [-0.15, -0.1) is 0 Å². The minimum atomic E-state index is 0.932. The number of H-pyrrole nitrogens is 1. The lowest BCUT2D eigenvalue weighted by Crippen LogP contribution is -1.82. The van der Waals surface area contributed by atoms with Gasteiger partial charge in [0, 0.05) is 23.3 Å². The number of hydrogen-bond donors (Lipinski definition) is 1. The standard InChI is InChI=1S/C13H11N3/c1-9-15-8-13(16-9)12-4-2-3-10-7-14-6-5-11(10)12/h2-8H,1H3,(H,15,16). The highest BCUT2D eigenvalue weighted by Crippen LogP contribution is 2.26. The Hall–Kier alpha value is -2.16. The van der Waals surface area contributed by atoms with Crippen molar-refractivity contribution in [3.63, 3.8) is 0 Å². The van der Waals surface area contributed by atoms with Crippen LogP contribution in [0.3, 0.4) is 0 Å². The van der Waals surface area contributed by atoms with E-state index in [4.69, 9.17) is 0 Å². The molecule has 0 bridgehead atoms. The van der Waals surface area contributed by atoms with Crippen LogP contribution in [0.1, 0.15) is 5.82 Å². The first-order valence-corrected chi connectivity index (χ1v) is 5.19. The van der Waals surface area contributed by atoms with Crippen molar-refractivity contribution >= 4 is 10.8 Å². The number of aryl methyl sites for hydroxylation is 1. The minimum absolute atomic E-state index is 0.932. The van der Waals surface area contributed by atoms with Crippen LogP contribution in [0.2, 0.25) is 0 Å². The zero-order valence-electron chi connectivity index (χ0n) is 8.94. The Morgan fingerprint density at radius 1 is 1.12 bits per heavy atom. The molecule has 0 unspecified atom stereocenters. The van der Waals surface area contributed by atoms with Gasteiger partial charge in [-0.2, -0.15) is 0 Å². The molecule has 0 aliphatic carbocycles. The van der Waals surface area contributed by atoms with E-state index in [1.165, 1.54) is 10.9 Å². The van der Waals surface area contributed by atoms with Gasteiger partial charge in [0.05, 0.1) is 11.9 Å². The van der Waals surface area contributed by atoms with Crippen molar-refractivity contribution in [2.24, 2.45) is 0 Å². The van der Waals surface area contributed by atoms with Crippen molar-refractivity contribution in [3.05, 3.63) is 48.7 Å². The van der Waals surface area contributed by atoms with Crippen molar-refractivity contribution in [2.75, 3.05) is 0 Å². The summed E-state index contributed by atoms with van der Waals surface area (Å²) in [4.78, 5) is 11.6. The van der Waals surface area contributed by atoms with Crippen LogP contribution < -0.4 is 0 Å². The first-order valence-electron chi connectivity index (χ1n) is 5.19. The third-order valence-electron chi connectivity index (χ3n) is 2.67. The zero-order valence-corrected chi connectivity index (χ0v) is 8.94. The van der Waals surface area contributed by atoms with Crippen molar-refractivity contribution in [3.8, 4) is 11.3 Å². The van der Waals surface area contributed by atoms with E-state index in [2.05, 4.69) is 27.1 Å². The van der Waals surface area contributed by atoms with Gasteiger partial charge < -0.3 is 4.98 Å². The fourth-order valence-corrected chi connectivity index (χ4v) is 1.92. The molecule has 0 aliphatic rings. The Bertz CT molecular complexity index is 635. The van der Waals surface area contributed by atoms with Crippen molar-refractivity contribution in [1.29, 1.82) is 0 Å². The molecule has 78 valence electrons. The fourth-order valence-electron chi connectivity index (χ4n) is 1.92. The Morgan fingerprint density at radius 2 is 2.06 bits per heavy atom. The van der Waals surface area contributed by atoms with Crippen LogP contribution in [0.4, 0.5) is 0 Å². The van der Waals surface area contributed by atoms with Crippen LogP contribution in [0, 0.1) is 6.92 Å². The van der Waals surface area contributed by atoms with Gasteiger partial charge in [0.2, 0.25) is 0 Å². The topological polar surface area (TPSA) is 41.6 Å². The third kappa shape index (κ3) is 1.37. The summed E-state index contributed by atoms with van der Waals surface area (Å²) in [6.45, 7) is 1.95. The molecule has 1 N–H and O–H groups in total. The molecule has 3 aromatic rings. The van der Waals surface area contributed by atoms with Gasteiger partial charge in [-0.05, 0) is 18.4 Å². The van der Waals surface area contributed by atoms with Crippen molar-refractivity contribution < 1.29 is 0 Å². The molecule has 0 saturated carbocycles. The van der Waals surface area contributed by atoms with Gasteiger partial charge >= 0.3 is 0 Å². The highest BCUT2D eigenvalue weighted by molar-refractivity contribution is 5.95. The maximum atomic E-state index is 4.23. The summed E-state index contributed by atoms with van der Waals surface area (Å²) < 4.78 is 0. The normalized spacial score (nSPS) is 10.8. The Kier molecular flexibility index (Phi) is 1.96. The SMILES string of the molecule is Cc1ncc(-c2cccc3cnccc23)[nH]1. The van der Waals surface area contributed by atoms with Crippen LogP contribution in [-0.4, -0.2) is 15.0 Å². The molecule has 0 radical (unpaired) electrons. The molecule has 3 nitrogen and oxygen atoms in total. The fraction of sp³-hybridized carbons (Fsp3) is 0.0769. The van der Waals surface area contributed by atoms with Gasteiger partial charge in [-0.3, -0.25) is 4.98 Å². The number of nitrogens with zero attached hydrogens (tertiary/aromatic N) is 2. The average Bonchev–Trinajstić information content (AvgIpc) is 2.75. The van der Waals surface area contributed by atoms with E-state index in [0.717, 1.165) is 16.9 Å². The number of aromatic amines is 1. The second kappa shape index (κ2) is 3.45. The van der Waals surface area contributed by atoms with Gasteiger partial charge in [0.25, 0.3) is 0 Å². The molecule has 16 heavy (non-hydrogen) atoms. The lowest BCUT2D eigenvalue weighted by Gasteiger charge is -2.03. The highest BCUT2D eigenvalue weighted by Gasteiger charge is 2.04. The van der Waals surface area contributed by atoms with E-state index < -0.39 is 0 Å². The first-order chi connectivity index (χ1) is 7.84. The second-order valence-corrected chi connectivity index (χ2v) is 3.78.